The first-order valence-electron chi connectivity index (χ1n) is 9.51. The summed E-state index contributed by atoms with van der Waals surface area (Å²) in [5.74, 6) is 0.226. The summed E-state index contributed by atoms with van der Waals surface area (Å²) in [6.07, 6.45) is 3.72. The number of carbonyl (C=O) groups is 1. The van der Waals surface area contributed by atoms with Gasteiger partial charge in [0.05, 0.1) is 0 Å². The van der Waals surface area contributed by atoms with Crippen LogP contribution in [0.3, 0.4) is 0 Å². The van der Waals surface area contributed by atoms with Crippen LogP contribution in [-0.2, 0) is 11.2 Å². The molecule has 0 aromatic heterocycles. The van der Waals surface area contributed by atoms with Crippen molar-refractivity contribution >= 4 is 27.5 Å². The van der Waals surface area contributed by atoms with E-state index in [1.54, 1.807) is 0 Å². The molecule has 1 heterocycles. The number of carbonyl (C=O) groups excluding carboxylic acids is 1. The summed E-state index contributed by atoms with van der Waals surface area (Å²) in [6, 6.07) is 19.0. The summed E-state index contributed by atoms with van der Waals surface area (Å²) < 4.78 is 1.13. The van der Waals surface area contributed by atoms with Crippen LogP contribution < -0.4 is 4.90 Å². The van der Waals surface area contributed by atoms with Crippen LogP contribution in [0, 0.1) is 0 Å². The van der Waals surface area contributed by atoms with E-state index < -0.39 is 0 Å². The number of piperidine rings is 1. The van der Waals surface area contributed by atoms with Gasteiger partial charge in [0.2, 0.25) is 5.91 Å². The van der Waals surface area contributed by atoms with Crippen LogP contribution >= 0.6 is 15.9 Å². The summed E-state index contributed by atoms with van der Waals surface area (Å²) >= 11 is 3.49. The Kier molecular flexibility index (Phi) is 6.86. The molecule has 26 heavy (non-hydrogen) atoms. The van der Waals surface area contributed by atoms with Crippen LogP contribution in [0.15, 0.2) is 59.1 Å². The van der Waals surface area contributed by atoms with E-state index in [1.165, 1.54) is 5.56 Å². The molecule has 0 radical (unpaired) electrons. The largest absolute Gasteiger partial charge is 0.309 e. The van der Waals surface area contributed by atoms with Crippen molar-refractivity contribution in [3.63, 3.8) is 0 Å². The zero-order valence-electron chi connectivity index (χ0n) is 15.4. The van der Waals surface area contributed by atoms with E-state index in [2.05, 4.69) is 45.1 Å². The molecule has 1 fully saturated rings. The number of amides is 1. The SMILES string of the molecule is CCC(=O)N(c1ccccc1)C1CCN(CCc2ccc(Br)cc2)CC1. The van der Waals surface area contributed by atoms with Crippen molar-refractivity contribution in [1.82, 2.24) is 4.90 Å². The van der Waals surface area contributed by atoms with Gasteiger partial charge in [-0.25, -0.2) is 0 Å². The normalized spacial score (nSPS) is 15.8. The van der Waals surface area contributed by atoms with Gasteiger partial charge in [-0.15, -0.1) is 0 Å². The first-order valence-corrected chi connectivity index (χ1v) is 10.3. The molecule has 3 rings (SSSR count). The zero-order valence-corrected chi connectivity index (χ0v) is 17.0. The Morgan fingerprint density at radius 2 is 1.73 bits per heavy atom. The Bertz CT molecular complexity index is 694. The second-order valence-corrected chi connectivity index (χ2v) is 7.82. The number of benzene rings is 2. The molecule has 0 aliphatic carbocycles. The second-order valence-electron chi connectivity index (χ2n) is 6.90. The van der Waals surface area contributed by atoms with Gasteiger partial charge in [0, 0.05) is 42.3 Å². The van der Waals surface area contributed by atoms with E-state index in [0.717, 1.165) is 49.1 Å². The lowest BCUT2D eigenvalue weighted by Gasteiger charge is -2.38. The highest BCUT2D eigenvalue weighted by molar-refractivity contribution is 9.10. The molecule has 138 valence electrons. The van der Waals surface area contributed by atoms with Crippen molar-refractivity contribution in [3.05, 3.63) is 64.6 Å². The minimum Gasteiger partial charge on any atom is -0.309 e. The van der Waals surface area contributed by atoms with E-state index in [9.17, 15) is 4.79 Å². The lowest BCUT2D eigenvalue weighted by molar-refractivity contribution is -0.119. The first kappa shape index (κ1) is 19.1. The third kappa shape index (κ3) is 4.95. The average molecular weight is 415 g/mol. The van der Waals surface area contributed by atoms with Crippen LogP contribution in [0.2, 0.25) is 0 Å². The summed E-state index contributed by atoms with van der Waals surface area (Å²) in [5.41, 5.74) is 2.41. The molecule has 0 atom stereocenters. The average Bonchev–Trinajstić information content (AvgIpc) is 2.69. The van der Waals surface area contributed by atoms with Crippen molar-refractivity contribution in [2.75, 3.05) is 24.5 Å². The van der Waals surface area contributed by atoms with Crippen molar-refractivity contribution < 1.29 is 4.79 Å². The second kappa shape index (κ2) is 9.33. The van der Waals surface area contributed by atoms with E-state index in [1.807, 2.05) is 42.2 Å². The molecule has 0 saturated carbocycles. The number of rotatable bonds is 6. The highest BCUT2D eigenvalue weighted by atomic mass is 79.9. The Labute approximate surface area is 165 Å². The highest BCUT2D eigenvalue weighted by Crippen LogP contribution is 2.24. The predicted molar refractivity (Wildman–Crippen MR) is 112 cm³/mol. The molecule has 1 aliphatic rings. The third-order valence-electron chi connectivity index (χ3n) is 5.16. The van der Waals surface area contributed by atoms with E-state index in [0.29, 0.717) is 12.5 Å². The number of likely N-dealkylation sites (tertiary alicyclic amines) is 1. The molecule has 0 unspecified atom stereocenters. The Morgan fingerprint density at radius 1 is 1.08 bits per heavy atom. The molecule has 1 amide bonds. The van der Waals surface area contributed by atoms with Gasteiger partial charge in [0.1, 0.15) is 0 Å². The highest BCUT2D eigenvalue weighted by Gasteiger charge is 2.28. The van der Waals surface area contributed by atoms with Crippen LogP contribution in [0.5, 0.6) is 0 Å². The van der Waals surface area contributed by atoms with Gasteiger partial charge in [-0.1, -0.05) is 53.2 Å². The van der Waals surface area contributed by atoms with Crippen LogP contribution in [0.1, 0.15) is 31.7 Å². The van der Waals surface area contributed by atoms with Crippen LogP contribution in [0.4, 0.5) is 5.69 Å². The standard InChI is InChI=1S/C22H27BrN2O/c1-2-22(26)25(20-6-4-3-5-7-20)21-13-16-24(17-14-21)15-12-18-8-10-19(23)11-9-18/h3-11,21H,2,12-17H2,1H3. The third-order valence-corrected chi connectivity index (χ3v) is 5.69. The lowest BCUT2D eigenvalue weighted by Crippen LogP contribution is -2.47. The fraction of sp³-hybridized carbons (Fsp3) is 0.409. The smallest absolute Gasteiger partial charge is 0.226 e. The van der Waals surface area contributed by atoms with Gasteiger partial charge < -0.3 is 9.80 Å². The van der Waals surface area contributed by atoms with Gasteiger partial charge in [0.25, 0.3) is 0 Å². The minimum atomic E-state index is 0.226. The quantitative estimate of drug-likeness (QED) is 0.670. The maximum absolute atomic E-state index is 12.5. The van der Waals surface area contributed by atoms with Crippen molar-refractivity contribution in [2.45, 2.75) is 38.6 Å². The molecular formula is C22H27BrN2O. The molecule has 1 aliphatic heterocycles. The molecule has 3 nitrogen and oxygen atoms in total. The summed E-state index contributed by atoms with van der Waals surface area (Å²) in [7, 11) is 0. The molecule has 0 bridgehead atoms. The Hall–Kier alpha value is -1.65. The van der Waals surface area contributed by atoms with Crippen LogP contribution in [0.25, 0.3) is 0 Å². The van der Waals surface area contributed by atoms with E-state index >= 15 is 0 Å². The maximum atomic E-state index is 12.5. The van der Waals surface area contributed by atoms with Gasteiger partial charge in [-0.3, -0.25) is 4.79 Å². The number of nitrogens with zero attached hydrogens (tertiary/aromatic N) is 2. The van der Waals surface area contributed by atoms with Gasteiger partial charge in [-0.2, -0.15) is 0 Å². The Balaban J connectivity index is 1.56. The topological polar surface area (TPSA) is 23.6 Å². The lowest BCUT2D eigenvalue weighted by atomic mass is 10.0. The number of hydrogen-bond donors (Lipinski definition) is 0. The minimum absolute atomic E-state index is 0.226. The number of anilines is 1. The fourth-order valence-electron chi connectivity index (χ4n) is 3.66. The van der Waals surface area contributed by atoms with Crippen molar-refractivity contribution in [2.24, 2.45) is 0 Å². The fourth-order valence-corrected chi connectivity index (χ4v) is 3.92. The first-order chi connectivity index (χ1) is 12.7. The van der Waals surface area contributed by atoms with Gasteiger partial charge in [-0.05, 0) is 49.1 Å². The van der Waals surface area contributed by atoms with Crippen molar-refractivity contribution in [3.8, 4) is 0 Å². The van der Waals surface area contributed by atoms with Gasteiger partial charge >= 0.3 is 0 Å². The number of halogens is 1. The molecular weight excluding hydrogens is 388 g/mol. The maximum Gasteiger partial charge on any atom is 0.226 e. The predicted octanol–water partition coefficient (Wildman–Crippen LogP) is 4.90. The van der Waals surface area contributed by atoms with Crippen molar-refractivity contribution in [1.29, 1.82) is 0 Å². The summed E-state index contributed by atoms with van der Waals surface area (Å²) in [4.78, 5) is 17.1. The zero-order chi connectivity index (χ0) is 18.4. The Morgan fingerprint density at radius 3 is 2.35 bits per heavy atom. The van der Waals surface area contributed by atoms with Crippen LogP contribution in [-0.4, -0.2) is 36.5 Å². The van der Waals surface area contributed by atoms with E-state index in [-0.39, 0.29) is 5.91 Å². The van der Waals surface area contributed by atoms with E-state index in [4.69, 9.17) is 0 Å². The number of hydrogen-bond acceptors (Lipinski definition) is 2. The molecule has 0 N–H and O–H groups in total. The molecule has 0 spiro atoms. The molecule has 4 heteroatoms. The van der Waals surface area contributed by atoms with Gasteiger partial charge in [0.15, 0.2) is 0 Å². The molecule has 2 aromatic rings. The molecule has 2 aromatic carbocycles. The monoisotopic (exact) mass is 414 g/mol. The summed E-state index contributed by atoms with van der Waals surface area (Å²) in [5, 5.41) is 0. The summed E-state index contributed by atoms with van der Waals surface area (Å²) in [6.45, 7) is 5.15. The molecule has 1 saturated heterocycles. The number of para-hydroxylation sites is 1.